The van der Waals surface area contributed by atoms with Crippen molar-refractivity contribution in [2.75, 3.05) is 0 Å². The first kappa shape index (κ1) is 10.0. The third kappa shape index (κ3) is 2.72. The zero-order valence-corrected chi connectivity index (χ0v) is 8.90. The molecule has 13 heavy (non-hydrogen) atoms. The molecule has 0 aliphatic carbocycles. The molecule has 1 heterocycles. The smallest absolute Gasteiger partial charge is 0.159 e. The molecule has 0 aromatic carbocycles. The van der Waals surface area contributed by atoms with E-state index in [0.29, 0.717) is 0 Å². The van der Waals surface area contributed by atoms with Crippen LogP contribution >= 0.6 is 0 Å². The molecule has 0 radical (unpaired) electrons. The fourth-order valence-corrected chi connectivity index (χ4v) is 0.860. The van der Waals surface area contributed by atoms with E-state index in [1.165, 1.54) is 4.85 Å². The van der Waals surface area contributed by atoms with E-state index in [9.17, 15) is 0 Å². The summed E-state index contributed by atoms with van der Waals surface area (Å²) in [5.41, 5.74) is -0.0222. The lowest BCUT2D eigenvalue weighted by Gasteiger charge is -2.12. The van der Waals surface area contributed by atoms with Gasteiger partial charge >= 0.3 is 0 Å². The Bertz CT molecular complexity index is 273. The summed E-state index contributed by atoms with van der Waals surface area (Å²) in [4.78, 5) is 10.9. The molecule has 0 fully saturated rings. The number of aromatic nitrogens is 3. The average molecular weight is 183 g/mol. The summed E-state index contributed by atoms with van der Waals surface area (Å²) in [6.45, 7) is 10.1. The largest absolute Gasteiger partial charge is 0.393 e. The zero-order valence-electron chi connectivity index (χ0n) is 8.90. The summed E-state index contributed by atoms with van der Waals surface area (Å²) in [5, 5.41) is 4.20. The molecule has 1 aromatic rings. The first-order valence-corrected chi connectivity index (χ1v) is 4.49. The van der Waals surface area contributed by atoms with Gasteiger partial charge in [0.1, 0.15) is 6.10 Å². The van der Waals surface area contributed by atoms with Gasteiger partial charge in [-0.2, -0.15) is 0 Å². The Balaban J connectivity index is 2.75. The van der Waals surface area contributed by atoms with Gasteiger partial charge in [0.25, 0.3) is 0 Å². The van der Waals surface area contributed by atoms with Gasteiger partial charge in [0.2, 0.25) is 0 Å². The van der Waals surface area contributed by atoms with Gasteiger partial charge in [-0.05, 0) is 13.8 Å². The van der Waals surface area contributed by atoms with E-state index < -0.39 is 0 Å². The molecule has 4 heteroatoms. The van der Waals surface area contributed by atoms with E-state index in [2.05, 4.69) is 30.9 Å². The van der Waals surface area contributed by atoms with Gasteiger partial charge in [-0.15, -0.1) is 5.10 Å². The molecule has 1 aromatic heterocycles. The van der Waals surface area contributed by atoms with E-state index in [-0.39, 0.29) is 11.5 Å². The summed E-state index contributed by atoms with van der Waals surface area (Å²) in [6, 6.07) is 0. The fourth-order valence-electron chi connectivity index (χ4n) is 0.860. The molecule has 4 nitrogen and oxygen atoms in total. The molecule has 74 valence electrons. The monoisotopic (exact) mass is 183 g/mol. The molecule has 0 bridgehead atoms. The van der Waals surface area contributed by atoms with Gasteiger partial charge in [0.15, 0.2) is 12.2 Å². The Morgan fingerprint density at radius 3 is 2.38 bits per heavy atom. The summed E-state index contributed by atoms with van der Waals surface area (Å²) in [7, 11) is 0. The molecule has 0 unspecified atom stereocenters. The highest BCUT2D eigenvalue weighted by Gasteiger charge is 2.19. The van der Waals surface area contributed by atoms with Gasteiger partial charge in [0.05, 0.1) is 0 Å². The molecule has 1 rings (SSSR count). The molecular weight excluding hydrogens is 166 g/mol. The molecular formula is C9H17N3O. The minimum Gasteiger partial charge on any atom is -0.393 e. The molecule has 0 saturated heterocycles. The van der Waals surface area contributed by atoms with Crippen LogP contribution < -0.4 is 4.84 Å². The van der Waals surface area contributed by atoms with Gasteiger partial charge in [0, 0.05) is 5.41 Å². The number of nitrogens with zero attached hydrogens (tertiary/aromatic N) is 3. The predicted molar refractivity (Wildman–Crippen MR) is 50.4 cm³/mol. The Labute approximate surface area is 78.9 Å². The van der Waals surface area contributed by atoms with E-state index in [4.69, 9.17) is 4.84 Å². The van der Waals surface area contributed by atoms with Crippen molar-refractivity contribution < 1.29 is 4.84 Å². The summed E-state index contributed by atoms with van der Waals surface area (Å²) in [6.07, 6.45) is 1.72. The Morgan fingerprint density at radius 2 is 2.00 bits per heavy atom. The molecule has 0 aliphatic rings. The van der Waals surface area contributed by atoms with Crippen LogP contribution in [0.4, 0.5) is 0 Å². The summed E-state index contributed by atoms with van der Waals surface area (Å²) >= 11 is 0. The molecule has 0 amide bonds. The lowest BCUT2D eigenvalue weighted by Crippen LogP contribution is -2.21. The molecule has 0 atom stereocenters. The van der Waals surface area contributed by atoms with Crippen molar-refractivity contribution in [1.82, 2.24) is 14.9 Å². The third-order valence-corrected chi connectivity index (χ3v) is 1.46. The van der Waals surface area contributed by atoms with Crippen LogP contribution in [0.3, 0.4) is 0 Å². The number of hydrogen-bond donors (Lipinski definition) is 0. The zero-order chi connectivity index (χ0) is 10.1. The van der Waals surface area contributed by atoms with Crippen molar-refractivity contribution in [3.8, 4) is 0 Å². The first-order valence-electron chi connectivity index (χ1n) is 4.49. The van der Waals surface area contributed by atoms with Crippen LogP contribution in [-0.4, -0.2) is 21.0 Å². The second kappa shape index (κ2) is 3.36. The van der Waals surface area contributed by atoms with Gasteiger partial charge in [-0.25, -0.2) is 4.98 Å². The summed E-state index contributed by atoms with van der Waals surface area (Å²) < 4.78 is 0. The minimum atomic E-state index is -0.0222. The normalized spacial score (nSPS) is 12.2. The summed E-state index contributed by atoms with van der Waals surface area (Å²) in [5.74, 6) is 0.799. The van der Waals surface area contributed by atoms with Crippen LogP contribution in [0.25, 0.3) is 0 Å². The third-order valence-electron chi connectivity index (χ3n) is 1.46. The minimum absolute atomic E-state index is 0.0222. The van der Waals surface area contributed by atoms with Crippen molar-refractivity contribution in [2.24, 2.45) is 0 Å². The first-order chi connectivity index (χ1) is 5.89. The lowest BCUT2D eigenvalue weighted by molar-refractivity contribution is 0.0343. The predicted octanol–water partition coefficient (Wildman–Crippen LogP) is 1.41. The van der Waals surface area contributed by atoms with Crippen molar-refractivity contribution in [3.05, 3.63) is 12.2 Å². The standard InChI is InChI=1S/C9H17N3O/c1-7(2)13-12-6-10-8(11-12)9(3,4)5/h6-7H,1-5H3. The number of rotatable bonds is 2. The van der Waals surface area contributed by atoms with Crippen molar-refractivity contribution in [3.63, 3.8) is 0 Å². The quantitative estimate of drug-likeness (QED) is 0.696. The SMILES string of the molecule is CC(C)On1cnc(C(C)(C)C)n1. The second-order valence-corrected chi connectivity index (χ2v) is 4.37. The lowest BCUT2D eigenvalue weighted by atomic mass is 9.96. The van der Waals surface area contributed by atoms with E-state index >= 15 is 0 Å². The van der Waals surface area contributed by atoms with Crippen LogP contribution in [0, 0.1) is 0 Å². The van der Waals surface area contributed by atoms with Crippen LogP contribution in [0.5, 0.6) is 0 Å². The van der Waals surface area contributed by atoms with Crippen LogP contribution in [-0.2, 0) is 5.41 Å². The van der Waals surface area contributed by atoms with Crippen molar-refractivity contribution in [2.45, 2.75) is 46.1 Å². The van der Waals surface area contributed by atoms with Crippen LogP contribution in [0.15, 0.2) is 6.33 Å². The average Bonchev–Trinajstić information content (AvgIpc) is 2.32. The van der Waals surface area contributed by atoms with E-state index in [1.54, 1.807) is 6.33 Å². The maximum absolute atomic E-state index is 5.33. The highest BCUT2D eigenvalue weighted by Crippen LogP contribution is 2.16. The molecule has 0 aliphatic heterocycles. The van der Waals surface area contributed by atoms with Gasteiger partial charge in [-0.1, -0.05) is 25.6 Å². The van der Waals surface area contributed by atoms with Gasteiger partial charge in [-0.3, -0.25) is 0 Å². The van der Waals surface area contributed by atoms with E-state index in [1.807, 2.05) is 13.8 Å². The van der Waals surface area contributed by atoms with Crippen molar-refractivity contribution in [1.29, 1.82) is 0 Å². The second-order valence-electron chi connectivity index (χ2n) is 4.37. The van der Waals surface area contributed by atoms with Crippen molar-refractivity contribution >= 4 is 0 Å². The fraction of sp³-hybridized carbons (Fsp3) is 0.778. The maximum Gasteiger partial charge on any atom is 0.159 e. The number of hydrogen-bond acceptors (Lipinski definition) is 3. The highest BCUT2D eigenvalue weighted by atomic mass is 16.7. The topological polar surface area (TPSA) is 39.9 Å². The highest BCUT2D eigenvalue weighted by molar-refractivity contribution is 4.97. The van der Waals surface area contributed by atoms with Crippen LogP contribution in [0.1, 0.15) is 40.4 Å². The van der Waals surface area contributed by atoms with Gasteiger partial charge < -0.3 is 4.84 Å². The Kier molecular flexibility index (Phi) is 2.59. The molecule has 0 spiro atoms. The van der Waals surface area contributed by atoms with Crippen LogP contribution in [0.2, 0.25) is 0 Å². The Hall–Kier alpha value is -1.06. The molecule has 0 saturated carbocycles. The maximum atomic E-state index is 5.33. The Morgan fingerprint density at radius 1 is 1.38 bits per heavy atom. The molecule has 0 N–H and O–H groups in total. The van der Waals surface area contributed by atoms with E-state index in [0.717, 1.165) is 5.82 Å².